The molecule has 2 saturated carbocycles. The summed E-state index contributed by atoms with van der Waals surface area (Å²) >= 11 is 6.27. The fraction of sp³-hybridized carbons (Fsp3) is 0.342. The van der Waals surface area contributed by atoms with Crippen LogP contribution in [0, 0.1) is 29.6 Å². The summed E-state index contributed by atoms with van der Waals surface area (Å²) in [5.74, 6) is -1.32. The summed E-state index contributed by atoms with van der Waals surface area (Å²) in [4.78, 5) is 70.8. The Kier molecular flexibility index (Phi) is 9.24. The van der Waals surface area contributed by atoms with Crippen molar-refractivity contribution < 1.29 is 33.4 Å². The van der Waals surface area contributed by atoms with Crippen LogP contribution in [0.25, 0.3) is 0 Å². The number of ether oxygens (including phenoxy) is 3. The predicted molar refractivity (Wildman–Crippen MR) is 199 cm³/mol. The highest BCUT2D eigenvalue weighted by Crippen LogP contribution is 2.68. The number of benzene rings is 3. The van der Waals surface area contributed by atoms with E-state index in [9.17, 15) is 24.0 Å². The van der Waals surface area contributed by atoms with Crippen molar-refractivity contribution in [2.24, 2.45) is 29.6 Å². The summed E-state index contributed by atoms with van der Waals surface area (Å²) in [6.45, 7) is 3.93. The van der Waals surface area contributed by atoms with Crippen LogP contribution >= 0.6 is 39.0 Å². The Balaban J connectivity index is 1.05. The highest BCUT2D eigenvalue weighted by molar-refractivity contribution is 9.10. The van der Waals surface area contributed by atoms with E-state index in [1.807, 2.05) is 31.2 Å². The Labute approximate surface area is 315 Å². The van der Waals surface area contributed by atoms with Gasteiger partial charge in [-0.2, -0.15) is 0 Å². The van der Waals surface area contributed by atoms with Gasteiger partial charge in [-0.05, 0) is 104 Å². The lowest BCUT2D eigenvalue weighted by Crippen LogP contribution is -2.42. The van der Waals surface area contributed by atoms with Crippen molar-refractivity contribution >= 4 is 74.1 Å². The van der Waals surface area contributed by atoms with Gasteiger partial charge in [0.25, 0.3) is 5.91 Å². The number of rotatable bonds is 10. The van der Waals surface area contributed by atoms with Crippen LogP contribution in [0.15, 0.2) is 81.0 Å². The molecular weight excluding hydrogens is 770 g/mol. The Morgan fingerprint density at radius 1 is 0.904 bits per heavy atom. The molecule has 268 valence electrons. The Hall–Kier alpha value is -4.40. The average Bonchev–Trinajstić information content (AvgIpc) is 3.87. The first-order valence-corrected chi connectivity index (χ1v) is 19.6. The summed E-state index contributed by atoms with van der Waals surface area (Å²) < 4.78 is 17.9. The highest BCUT2D eigenvalue weighted by atomic mass is 79.9. The van der Waals surface area contributed by atoms with Crippen molar-refractivity contribution in [2.45, 2.75) is 36.5 Å². The van der Waals surface area contributed by atoms with Gasteiger partial charge in [-0.1, -0.05) is 33.3 Å². The van der Waals surface area contributed by atoms with Crippen LogP contribution in [0.2, 0.25) is 0 Å². The van der Waals surface area contributed by atoms with Crippen molar-refractivity contribution in [1.82, 2.24) is 4.98 Å². The van der Waals surface area contributed by atoms with Crippen LogP contribution in [0.3, 0.4) is 0 Å². The molecule has 4 aliphatic rings. The SMILES string of the molecule is CCOC(=O)c1ccc(NC(=O)COc2ccc([C@H]3c4sc(=O)[nH]c4SC4C3[C@H]3C[C@@H]4C4C(=O)N(c5ccc(Br)cc5)C(=O)C43)cc2OCC)cc1. The van der Waals surface area contributed by atoms with Gasteiger partial charge in [0.2, 0.25) is 11.8 Å². The summed E-state index contributed by atoms with van der Waals surface area (Å²) in [5.41, 5.74) is 2.39. The highest BCUT2D eigenvalue weighted by Gasteiger charge is 2.69. The number of halogens is 1. The number of thioether (sulfide) groups is 1. The van der Waals surface area contributed by atoms with Crippen LogP contribution in [-0.4, -0.2) is 53.7 Å². The average molecular weight is 805 g/mol. The van der Waals surface area contributed by atoms with Gasteiger partial charge >= 0.3 is 10.8 Å². The fourth-order valence-corrected chi connectivity index (χ4v) is 11.7. The first-order chi connectivity index (χ1) is 25.2. The minimum Gasteiger partial charge on any atom is -0.490 e. The Morgan fingerprint density at radius 3 is 2.35 bits per heavy atom. The second-order valence-electron chi connectivity index (χ2n) is 13.2. The number of carbonyl (C=O) groups excluding carboxylic acids is 4. The van der Waals surface area contributed by atoms with Crippen LogP contribution in [0.4, 0.5) is 11.4 Å². The first kappa shape index (κ1) is 34.7. The maximum Gasteiger partial charge on any atom is 0.338 e. The maximum absolute atomic E-state index is 14.1. The van der Waals surface area contributed by atoms with Crippen LogP contribution in [0.1, 0.15) is 47.0 Å². The van der Waals surface area contributed by atoms with Crippen LogP contribution in [0.5, 0.6) is 11.5 Å². The third kappa shape index (κ3) is 5.94. The van der Waals surface area contributed by atoms with E-state index in [-0.39, 0.29) is 64.7 Å². The minimum absolute atomic E-state index is 0.00482. The number of hydrogen-bond donors (Lipinski definition) is 2. The molecule has 0 spiro atoms. The van der Waals surface area contributed by atoms with Gasteiger partial charge in [0, 0.05) is 26.2 Å². The third-order valence-corrected chi connectivity index (χ3v) is 13.6. The van der Waals surface area contributed by atoms with Gasteiger partial charge in [-0.15, -0.1) is 11.8 Å². The van der Waals surface area contributed by atoms with E-state index in [2.05, 4.69) is 26.2 Å². The molecule has 52 heavy (non-hydrogen) atoms. The number of amides is 3. The van der Waals surface area contributed by atoms with Crippen molar-refractivity contribution in [2.75, 3.05) is 30.0 Å². The van der Waals surface area contributed by atoms with E-state index in [4.69, 9.17) is 14.2 Å². The van der Waals surface area contributed by atoms with Crippen molar-refractivity contribution in [3.63, 3.8) is 0 Å². The standard InChI is InChI=1S/C38H34BrN3O8S2/c1-3-48-26-15-19(7-14-25(26)50-17-27(43)40-21-10-5-18(6-11-21)37(46)49-4-2)28-29-23-16-24(32(29)51-34-33(28)52-38(47)41-34)31-30(23)35(44)42(36(31)45)22-12-8-20(39)9-13-22/h5-15,23-24,28-32H,3-4,16-17H2,1-2H3,(H,40,43)(H,41,47)/t23-,24-,28-,29?,30?,31?,32?/m1/s1. The largest absolute Gasteiger partial charge is 0.490 e. The van der Waals surface area contributed by atoms with Crippen molar-refractivity contribution in [1.29, 1.82) is 0 Å². The Morgan fingerprint density at radius 2 is 1.63 bits per heavy atom. The molecule has 3 aromatic carbocycles. The number of nitrogens with zero attached hydrogens (tertiary/aromatic N) is 1. The molecule has 1 saturated heterocycles. The number of anilines is 2. The lowest BCUT2D eigenvalue weighted by molar-refractivity contribution is -0.123. The molecule has 1 aromatic heterocycles. The molecule has 2 aliphatic carbocycles. The number of carbonyl (C=O) groups is 4. The zero-order chi connectivity index (χ0) is 36.3. The maximum atomic E-state index is 14.1. The lowest BCUT2D eigenvalue weighted by atomic mass is 9.68. The van der Waals surface area contributed by atoms with E-state index < -0.39 is 17.8 Å². The zero-order valence-corrected chi connectivity index (χ0v) is 31.3. The van der Waals surface area contributed by atoms with Gasteiger partial charge in [-0.3, -0.25) is 24.1 Å². The van der Waals surface area contributed by atoms with E-state index in [0.29, 0.717) is 35.0 Å². The molecule has 7 atom stereocenters. The van der Waals surface area contributed by atoms with E-state index in [1.54, 1.807) is 61.2 Å². The topological polar surface area (TPSA) is 144 Å². The summed E-state index contributed by atoms with van der Waals surface area (Å²) in [6.07, 6.45) is 0.777. The van der Waals surface area contributed by atoms with Gasteiger partial charge in [0.05, 0.1) is 41.3 Å². The number of hydrogen-bond acceptors (Lipinski definition) is 10. The molecule has 3 amide bonds. The first-order valence-electron chi connectivity index (χ1n) is 17.2. The normalized spacial score (nSPS) is 25.4. The number of aromatic amines is 1. The van der Waals surface area contributed by atoms with E-state index in [0.717, 1.165) is 26.4 Å². The molecule has 14 heteroatoms. The zero-order valence-electron chi connectivity index (χ0n) is 28.1. The molecule has 0 radical (unpaired) electrons. The molecule has 8 rings (SSSR count). The van der Waals surface area contributed by atoms with Crippen molar-refractivity contribution in [3.05, 3.63) is 96.9 Å². The summed E-state index contributed by atoms with van der Waals surface area (Å²) in [5, 5.41) is 3.63. The summed E-state index contributed by atoms with van der Waals surface area (Å²) in [7, 11) is 0. The monoisotopic (exact) mass is 803 g/mol. The van der Waals surface area contributed by atoms with Gasteiger partial charge in [-0.25, -0.2) is 4.79 Å². The Bertz CT molecular complexity index is 2130. The molecule has 2 bridgehead atoms. The fourth-order valence-electron chi connectivity index (χ4n) is 8.58. The predicted octanol–water partition coefficient (Wildman–Crippen LogP) is 6.47. The second-order valence-corrected chi connectivity index (χ2v) is 16.3. The molecule has 11 nitrogen and oxygen atoms in total. The number of nitrogens with one attached hydrogen (secondary N) is 2. The van der Waals surface area contributed by atoms with Crippen molar-refractivity contribution in [3.8, 4) is 11.5 Å². The molecule has 3 heterocycles. The van der Waals surface area contributed by atoms with Crippen LogP contribution in [-0.2, 0) is 19.1 Å². The minimum atomic E-state index is -0.435. The quantitative estimate of drug-likeness (QED) is 0.136. The molecule has 2 aliphatic heterocycles. The number of imide groups is 1. The van der Waals surface area contributed by atoms with Gasteiger partial charge in [0.1, 0.15) is 0 Å². The lowest BCUT2D eigenvalue weighted by Gasteiger charge is -2.43. The van der Waals surface area contributed by atoms with E-state index in [1.165, 1.54) is 16.2 Å². The molecule has 2 N–H and O–H groups in total. The number of H-pyrrole nitrogens is 1. The number of thiazole rings is 1. The molecule has 4 aromatic rings. The summed E-state index contributed by atoms with van der Waals surface area (Å²) in [6, 6.07) is 19.3. The molecule has 3 fully saturated rings. The van der Waals surface area contributed by atoms with E-state index >= 15 is 0 Å². The second kappa shape index (κ2) is 13.9. The smallest absolute Gasteiger partial charge is 0.338 e. The van der Waals surface area contributed by atoms with Gasteiger partial charge in [0.15, 0.2) is 18.1 Å². The number of aromatic nitrogens is 1. The molecular formula is C38H34BrN3O8S2. The third-order valence-electron chi connectivity index (χ3n) is 10.5. The van der Waals surface area contributed by atoms with Gasteiger partial charge < -0.3 is 24.5 Å². The number of esters is 1. The van der Waals surface area contributed by atoms with Crippen LogP contribution < -0.4 is 24.6 Å². The molecule has 4 unspecified atom stereocenters. The number of fused-ring (bicyclic) bond motifs is 9.